The fraction of sp³-hybridized carbons (Fsp3) is 0.667. The average Bonchev–Trinajstić information content (AvgIpc) is 2.60. The summed E-state index contributed by atoms with van der Waals surface area (Å²) >= 11 is 3.84. The van der Waals surface area contributed by atoms with E-state index in [-0.39, 0.29) is 18.2 Å². The Balaban J connectivity index is 2.22. The monoisotopic (exact) mass is 330 g/mol. The zero-order chi connectivity index (χ0) is 15.3. The molecule has 2 fully saturated rings. The van der Waals surface area contributed by atoms with Crippen LogP contribution in [0.1, 0.15) is 6.42 Å². The van der Waals surface area contributed by atoms with E-state index in [1.807, 2.05) is 0 Å². The lowest BCUT2D eigenvalue weighted by Crippen LogP contribution is -2.69. The number of β-lactam (4-membered cyclic amide) rings is 1. The Hall–Kier alpha value is -1.10. The normalized spacial score (nSPS) is 30.5. The number of thioether (sulfide) groups is 1. The van der Waals surface area contributed by atoms with Crippen LogP contribution in [0, 0.1) is 0 Å². The third-order valence-electron chi connectivity index (χ3n) is 3.01. The number of thiol groups is 1. The zero-order valence-electron chi connectivity index (χ0n) is 9.68. The van der Waals surface area contributed by atoms with E-state index in [2.05, 4.69) is 12.6 Å². The molecule has 0 bridgehead atoms. The van der Waals surface area contributed by atoms with Gasteiger partial charge in [-0.25, -0.2) is 4.79 Å². The number of nitrogens with one attached hydrogen (secondary N) is 1. The van der Waals surface area contributed by atoms with Crippen molar-refractivity contribution in [3.05, 3.63) is 0 Å². The summed E-state index contributed by atoms with van der Waals surface area (Å²) in [5, 5.41) is 8.34. The maximum atomic E-state index is 12.4. The summed E-state index contributed by atoms with van der Waals surface area (Å²) in [7, 11) is 0. The molecular formula is C9H9F3N2O4S2. The second kappa shape index (κ2) is 4.72. The van der Waals surface area contributed by atoms with E-state index in [0.29, 0.717) is 11.8 Å². The van der Waals surface area contributed by atoms with Gasteiger partial charge in [-0.3, -0.25) is 14.5 Å². The second-order valence-electron chi connectivity index (χ2n) is 4.32. The number of carboxylic acid groups (broad SMARTS) is 1. The van der Waals surface area contributed by atoms with Crippen molar-refractivity contribution in [1.29, 1.82) is 0 Å². The van der Waals surface area contributed by atoms with Crippen LogP contribution in [-0.4, -0.2) is 56.0 Å². The first-order valence-electron chi connectivity index (χ1n) is 5.36. The van der Waals surface area contributed by atoms with Gasteiger partial charge >= 0.3 is 12.1 Å². The van der Waals surface area contributed by atoms with Crippen LogP contribution >= 0.6 is 24.4 Å². The molecule has 0 aromatic heterocycles. The van der Waals surface area contributed by atoms with E-state index in [9.17, 15) is 32.7 Å². The lowest BCUT2D eigenvalue weighted by molar-refractivity contribution is -0.168. The van der Waals surface area contributed by atoms with Gasteiger partial charge in [-0.1, -0.05) is 11.8 Å². The van der Waals surface area contributed by atoms with Gasteiger partial charge in [0.05, 0.1) is 6.04 Å². The van der Waals surface area contributed by atoms with Gasteiger partial charge < -0.3 is 10.4 Å². The number of carboxylic acids is 1. The third kappa shape index (κ3) is 2.22. The molecule has 2 heterocycles. The molecular weight excluding hydrogens is 321 g/mol. The summed E-state index contributed by atoms with van der Waals surface area (Å²) in [6, 6.07) is -0.381. The van der Waals surface area contributed by atoms with Crippen molar-refractivity contribution in [1.82, 2.24) is 10.2 Å². The number of hydrogen-bond acceptors (Lipinski definition) is 5. The summed E-state index contributed by atoms with van der Waals surface area (Å²) in [5.41, 5.74) is 0. The van der Waals surface area contributed by atoms with Crippen molar-refractivity contribution in [2.45, 2.75) is 28.9 Å². The van der Waals surface area contributed by atoms with E-state index >= 15 is 0 Å². The van der Waals surface area contributed by atoms with Crippen molar-refractivity contribution in [3.63, 3.8) is 0 Å². The number of amides is 2. The molecule has 2 aliphatic heterocycles. The predicted octanol–water partition coefficient (Wildman–Crippen LogP) is 0.0494. The van der Waals surface area contributed by atoms with Gasteiger partial charge in [0, 0.05) is 12.2 Å². The van der Waals surface area contributed by atoms with E-state index in [1.165, 1.54) is 0 Å². The minimum absolute atomic E-state index is 0.126. The predicted molar refractivity (Wildman–Crippen MR) is 65.0 cm³/mol. The summed E-state index contributed by atoms with van der Waals surface area (Å²) < 4.78 is 37.2. The number of alkyl halides is 3. The standard InChI is InChI=1S/C9H9F3N2O4S2/c10-8(11,12)5(19)6(16)13-9(7(17)18)14-3(2-20-9)1-4(14)15/h3,5,19H,1-2H2,(H,13,16)(H,17,18). The lowest BCUT2D eigenvalue weighted by Gasteiger charge is -2.43. The van der Waals surface area contributed by atoms with Crippen LogP contribution in [0.15, 0.2) is 0 Å². The van der Waals surface area contributed by atoms with Gasteiger partial charge in [0.2, 0.25) is 11.8 Å². The van der Waals surface area contributed by atoms with Crippen LogP contribution in [0.25, 0.3) is 0 Å². The topological polar surface area (TPSA) is 86.7 Å². The SMILES string of the molecule is O=C(NC1(C(=O)O)SCC2CC(=O)N21)C(S)C(F)(F)F. The van der Waals surface area contributed by atoms with Gasteiger partial charge in [-0.15, -0.1) is 0 Å². The molecule has 112 valence electrons. The molecule has 0 spiro atoms. The smallest absolute Gasteiger partial charge is 0.409 e. The summed E-state index contributed by atoms with van der Waals surface area (Å²) in [6.07, 6.45) is -4.78. The van der Waals surface area contributed by atoms with Crippen LogP contribution < -0.4 is 5.32 Å². The van der Waals surface area contributed by atoms with Crippen LogP contribution in [0.2, 0.25) is 0 Å². The first-order chi connectivity index (χ1) is 9.09. The van der Waals surface area contributed by atoms with Gasteiger partial charge in [-0.2, -0.15) is 25.8 Å². The van der Waals surface area contributed by atoms with Crippen molar-refractivity contribution >= 4 is 42.2 Å². The molecule has 6 nitrogen and oxygen atoms in total. The third-order valence-corrected chi connectivity index (χ3v) is 4.98. The fourth-order valence-electron chi connectivity index (χ4n) is 2.03. The van der Waals surface area contributed by atoms with Crippen LogP contribution in [-0.2, 0) is 14.4 Å². The number of rotatable bonds is 3. The quantitative estimate of drug-likeness (QED) is 0.503. The van der Waals surface area contributed by atoms with Gasteiger partial charge in [0.15, 0.2) is 5.25 Å². The van der Waals surface area contributed by atoms with E-state index < -0.39 is 34.2 Å². The summed E-state index contributed by atoms with van der Waals surface area (Å²) in [6.45, 7) is 0. The lowest BCUT2D eigenvalue weighted by atomic mass is 10.0. The highest BCUT2D eigenvalue weighted by atomic mass is 32.2. The highest BCUT2D eigenvalue weighted by molar-refractivity contribution is 8.01. The molecule has 2 aliphatic rings. The highest BCUT2D eigenvalue weighted by Crippen LogP contribution is 2.45. The molecule has 3 atom stereocenters. The molecule has 0 aliphatic carbocycles. The largest absolute Gasteiger partial charge is 0.477 e. The molecule has 3 unspecified atom stereocenters. The first kappa shape index (κ1) is 15.3. The number of hydrogen-bond donors (Lipinski definition) is 3. The molecule has 0 aromatic carbocycles. The van der Waals surface area contributed by atoms with E-state index in [4.69, 9.17) is 0 Å². The molecule has 2 saturated heterocycles. The molecule has 2 rings (SSSR count). The van der Waals surface area contributed by atoms with Gasteiger partial charge in [0.1, 0.15) is 0 Å². The number of carbonyl (C=O) groups is 3. The fourth-order valence-corrected chi connectivity index (χ4v) is 3.48. The minimum atomic E-state index is -4.91. The number of fused-ring (bicyclic) bond motifs is 1. The number of carbonyl (C=O) groups excluding carboxylic acids is 2. The van der Waals surface area contributed by atoms with Gasteiger partial charge in [-0.05, 0) is 0 Å². The zero-order valence-corrected chi connectivity index (χ0v) is 11.4. The molecule has 0 saturated carbocycles. The molecule has 0 aromatic rings. The first-order valence-corrected chi connectivity index (χ1v) is 6.86. The van der Waals surface area contributed by atoms with Crippen molar-refractivity contribution < 1.29 is 32.7 Å². The number of halogens is 3. The van der Waals surface area contributed by atoms with Gasteiger partial charge in [0.25, 0.3) is 4.99 Å². The average molecular weight is 330 g/mol. The number of nitrogens with zero attached hydrogens (tertiary/aromatic N) is 1. The van der Waals surface area contributed by atoms with Crippen LogP contribution in [0.4, 0.5) is 13.2 Å². The molecule has 11 heteroatoms. The Labute approximate surface area is 120 Å². The van der Waals surface area contributed by atoms with E-state index in [0.717, 1.165) is 4.90 Å². The second-order valence-corrected chi connectivity index (χ2v) is 6.04. The van der Waals surface area contributed by atoms with Crippen molar-refractivity contribution in [3.8, 4) is 0 Å². The maximum absolute atomic E-state index is 12.4. The van der Waals surface area contributed by atoms with Crippen LogP contribution in [0.3, 0.4) is 0 Å². The van der Waals surface area contributed by atoms with Crippen LogP contribution in [0.5, 0.6) is 0 Å². The Morgan fingerprint density at radius 2 is 2.15 bits per heavy atom. The summed E-state index contributed by atoms with van der Waals surface area (Å²) in [4.78, 5) is 33.0. The molecule has 2 amide bonds. The van der Waals surface area contributed by atoms with Crippen molar-refractivity contribution in [2.24, 2.45) is 0 Å². The summed E-state index contributed by atoms with van der Waals surface area (Å²) in [5.74, 6) is -3.47. The maximum Gasteiger partial charge on any atom is 0.409 e. The van der Waals surface area contributed by atoms with Crippen molar-refractivity contribution in [2.75, 3.05) is 5.75 Å². The Kier molecular flexibility index (Phi) is 3.61. The molecule has 20 heavy (non-hydrogen) atoms. The molecule has 0 radical (unpaired) electrons. The Bertz CT molecular complexity index is 486. The minimum Gasteiger partial charge on any atom is -0.477 e. The Morgan fingerprint density at radius 1 is 1.55 bits per heavy atom. The molecule has 2 N–H and O–H groups in total. The number of aliphatic carboxylic acids is 1. The Morgan fingerprint density at radius 3 is 2.60 bits per heavy atom. The van der Waals surface area contributed by atoms with E-state index in [1.54, 1.807) is 5.32 Å². The highest BCUT2D eigenvalue weighted by Gasteiger charge is 2.62.